The topological polar surface area (TPSA) is 105 Å². The first kappa shape index (κ1) is 20.3. The molecule has 25 heavy (non-hydrogen) atoms. The number of hydrogen-bond acceptors (Lipinski definition) is 5. The number of nitrogens with one attached hydrogen (secondary N) is 1. The largest absolute Gasteiger partial charge is 0.338 e. The van der Waals surface area contributed by atoms with Crippen LogP contribution in [0.1, 0.15) is 51.4 Å². The molecule has 1 N–H and O–H groups in total. The van der Waals surface area contributed by atoms with E-state index in [1.165, 1.54) is 24.3 Å². The SMILES string of the molecule is CC(CC(=O)N(C(C)C)C(C)C)=NNC(=O)c1cccc([N+](=O)[O-])c1. The molecule has 0 aliphatic carbocycles. The van der Waals surface area contributed by atoms with Gasteiger partial charge in [0.15, 0.2) is 0 Å². The van der Waals surface area contributed by atoms with Crippen LogP contribution in [0.15, 0.2) is 29.4 Å². The van der Waals surface area contributed by atoms with Gasteiger partial charge in [-0.2, -0.15) is 5.10 Å². The number of hydrogen-bond donors (Lipinski definition) is 1. The van der Waals surface area contributed by atoms with E-state index in [4.69, 9.17) is 0 Å². The molecule has 0 atom stereocenters. The van der Waals surface area contributed by atoms with Crippen molar-refractivity contribution in [2.75, 3.05) is 0 Å². The number of carbonyl (C=O) groups excluding carboxylic acids is 2. The van der Waals surface area contributed by atoms with Gasteiger partial charge < -0.3 is 4.90 Å². The maximum Gasteiger partial charge on any atom is 0.271 e. The van der Waals surface area contributed by atoms with Crippen LogP contribution < -0.4 is 5.43 Å². The van der Waals surface area contributed by atoms with Gasteiger partial charge in [-0.25, -0.2) is 5.43 Å². The number of nitrogens with zero attached hydrogens (tertiary/aromatic N) is 3. The number of rotatable bonds is 7. The lowest BCUT2D eigenvalue weighted by atomic mass is 10.2. The van der Waals surface area contributed by atoms with Gasteiger partial charge in [0.05, 0.1) is 11.3 Å². The Hall–Kier alpha value is -2.77. The molecule has 0 heterocycles. The first-order valence-corrected chi connectivity index (χ1v) is 8.02. The van der Waals surface area contributed by atoms with Crippen LogP contribution in [-0.2, 0) is 4.79 Å². The fraction of sp³-hybridized carbons (Fsp3) is 0.471. The Balaban J connectivity index is 2.74. The molecule has 0 aromatic heterocycles. The lowest BCUT2D eigenvalue weighted by Crippen LogP contribution is -2.42. The van der Waals surface area contributed by atoms with E-state index in [1.54, 1.807) is 11.8 Å². The molecule has 0 bridgehead atoms. The van der Waals surface area contributed by atoms with Gasteiger partial charge in [0.25, 0.3) is 11.6 Å². The van der Waals surface area contributed by atoms with E-state index in [2.05, 4.69) is 10.5 Å². The van der Waals surface area contributed by atoms with Gasteiger partial charge in [-0.3, -0.25) is 19.7 Å². The van der Waals surface area contributed by atoms with Crippen LogP contribution in [0.2, 0.25) is 0 Å². The summed E-state index contributed by atoms with van der Waals surface area (Å²) in [5.74, 6) is -0.643. The molecule has 0 spiro atoms. The second-order valence-electron chi connectivity index (χ2n) is 6.26. The van der Waals surface area contributed by atoms with E-state index in [0.29, 0.717) is 5.71 Å². The van der Waals surface area contributed by atoms with Gasteiger partial charge in [-0.05, 0) is 40.7 Å². The molecule has 0 saturated heterocycles. The average Bonchev–Trinajstić information content (AvgIpc) is 2.51. The summed E-state index contributed by atoms with van der Waals surface area (Å²) in [7, 11) is 0. The summed E-state index contributed by atoms with van der Waals surface area (Å²) in [5, 5.41) is 14.7. The first-order chi connectivity index (χ1) is 11.6. The van der Waals surface area contributed by atoms with Crippen LogP contribution in [0.5, 0.6) is 0 Å². The maximum atomic E-state index is 12.3. The van der Waals surface area contributed by atoms with E-state index in [1.807, 2.05) is 27.7 Å². The van der Waals surface area contributed by atoms with Crippen molar-refractivity contribution in [2.24, 2.45) is 5.10 Å². The smallest absolute Gasteiger partial charge is 0.271 e. The highest BCUT2D eigenvalue weighted by molar-refractivity contribution is 6.01. The van der Waals surface area contributed by atoms with Crippen molar-refractivity contribution in [1.29, 1.82) is 0 Å². The van der Waals surface area contributed by atoms with E-state index in [9.17, 15) is 19.7 Å². The summed E-state index contributed by atoms with van der Waals surface area (Å²) >= 11 is 0. The minimum absolute atomic E-state index is 0.0692. The summed E-state index contributed by atoms with van der Waals surface area (Å²) in [6.45, 7) is 9.40. The van der Waals surface area contributed by atoms with Crippen molar-refractivity contribution in [1.82, 2.24) is 10.3 Å². The fourth-order valence-electron chi connectivity index (χ4n) is 2.49. The summed E-state index contributed by atoms with van der Waals surface area (Å²) in [6.07, 6.45) is 0.0889. The molecule has 0 aliphatic heterocycles. The van der Waals surface area contributed by atoms with E-state index < -0.39 is 10.8 Å². The van der Waals surface area contributed by atoms with Crippen LogP contribution >= 0.6 is 0 Å². The third-order valence-corrected chi connectivity index (χ3v) is 3.48. The first-order valence-electron chi connectivity index (χ1n) is 8.02. The zero-order chi connectivity index (χ0) is 19.1. The monoisotopic (exact) mass is 348 g/mol. The normalized spacial score (nSPS) is 11.6. The molecule has 8 heteroatoms. The van der Waals surface area contributed by atoms with Gasteiger partial charge in [0.1, 0.15) is 0 Å². The molecule has 8 nitrogen and oxygen atoms in total. The van der Waals surface area contributed by atoms with Crippen molar-refractivity contribution in [3.63, 3.8) is 0 Å². The lowest BCUT2D eigenvalue weighted by Gasteiger charge is -2.30. The second kappa shape index (κ2) is 8.91. The zero-order valence-electron chi connectivity index (χ0n) is 15.1. The maximum absolute atomic E-state index is 12.3. The van der Waals surface area contributed by atoms with Gasteiger partial charge in [0.2, 0.25) is 5.91 Å². The van der Waals surface area contributed by atoms with E-state index >= 15 is 0 Å². The third kappa shape index (κ3) is 5.98. The number of nitro benzene ring substituents is 1. The number of carbonyl (C=O) groups is 2. The molecule has 0 radical (unpaired) electrons. The van der Waals surface area contributed by atoms with Crippen molar-refractivity contribution in [2.45, 2.75) is 53.1 Å². The van der Waals surface area contributed by atoms with Crippen LogP contribution in [-0.4, -0.2) is 39.4 Å². The third-order valence-electron chi connectivity index (χ3n) is 3.48. The highest BCUT2D eigenvalue weighted by Gasteiger charge is 2.20. The Labute approximate surface area is 147 Å². The molecule has 136 valence electrons. The minimum atomic E-state index is -0.573. The summed E-state index contributed by atoms with van der Waals surface area (Å²) in [4.78, 5) is 36.3. The molecule has 1 aromatic rings. The molecule has 0 unspecified atom stereocenters. The number of nitro groups is 1. The highest BCUT2D eigenvalue weighted by atomic mass is 16.6. The Morgan fingerprint density at radius 3 is 2.36 bits per heavy atom. The predicted octanol–water partition coefficient (Wildman–Crippen LogP) is 2.74. The molecular formula is C17H24N4O4. The van der Waals surface area contributed by atoms with Gasteiger partial charge in [0, 0.05) is 35.5 Å². The fourth-order valence-corrected chi connectivity index (χ4v) is 2.49. The van der Waals surface area contributed by atoms with Crippen molar-refractivity contribution in [3.05, 3.63) is 39.9 Å². The number of hydrazone groups is 1. The summed E-state index contributed by atoms with van der Waals surface area (Å²) < 4.78 is 0. The molecular weight excluding hydrogens is 324 g/mol. The highest BCUT2D eigenvalue weighted by Crippen LogP contribution is 2.13. The summed E-state index contributed by atoms with van der Waals surface area (Å²) in [5.41, 5.74) is 2.73. The standard InChI is InChI=1S/C17H24N4O4/c1-11(2)20(12(3)4)16(22)9-13(5)18-19-17(23)14-7-6-8-15(10-14)21(24)25/h6-8,10-12H,9H2,1-5H3,(H,19,23). The van der Waals surface area contributed by atoms with Gasteiger partial charge >= 0.3 is 0 Å². The Kier molecular flexibility index (Phi) is 7.22. The number of amides is 2. The van der Waals surface area contributed by atoms with Crippen LogP contribution in [0.4, 0.5) is 5.69 Å². The zero-order valence-corrected chi connectivity index (χ0v) is 15.1. The molecule has 0 aliphatic rings. The molecule has 1 rings (SSSR count). The second-order valence-corrected chi connectivity index (χ2v) is 6.26. The van der Waals surface area contributed by atoms with Crippen molar-refractivity contribution < 1.29 is 14.5 Å². The Bertz CT molecular complexity index is 675. The predicted molar refractivity (Wildman–Crippen MR) is 95.4 cm³/mol. The van der Waals surface area contributed by atoms with Crippen LogP contribution in [0.25, 0.3) is 0 Å². The van der Waals surface area contributed by atoms with Crippen molar-refractivity contribution >= 4 is 23.2 Å². The quantitative estimate of drug-likeness (QED) is 0.464. The number of benzene rings is 1. The molecule has 1 aromatic carbocycles. The molecule has 0 saturated carbocycles. The lowest BCUT2D eigenvalue weighted by molar-refractivity contribution is -0.384. The minimum Gasteiger partial charge on any atom is -0.338 e. The van der Waals surface area contributed by atoms with Crippen LogP contribution in [0.3, 0.4) is 0 Å². The number of non-ortho nitro benzene ring substituents is 1. The summed E-state index contributed by atoms with van der Waals surface area (Å²) in [6, 6.07) is 5.49. The average molecular weight is 348 g/mol. The van der Waals surface area contributed by atoms with Gasteiger partial charge in [-0.1, -0.05) is 6.07 Å². The van der Waals surface area contributed by atoms with Crippen molar-refractivity contribution in [3.8, 4) is 0 Å². The molecule has 0 fully saturated rings. The van der Waals surface area contributed by atoms with E-state index in [0.717, 1.165) is 0 Å². The van der Waals surface area contributed by atoms with Crippen LogP contribution in [0, 0.1) is 10.1 Å². The Morgan fingerprint density at radius 2 is 1.84 bits per heavy atom. The van der Waals surface area contributed by atoms with Gasteiger partial charge in [-0.15, -0.1) is 0 Å². The van der Waals surface area contributed by atoms with E-state index in [-0.39, 0.29) is 35.7 Å². The molecule has 2 amide bonds. The Morgan fingerprint density at radius 1 is 1.24 bits per heavy atom.